The molecule has 1 N–H and O–H groups in total. The van der Waals surface area contributed by atoms with Crippen molar-refractivity contribution in [3.63, 3.8) is 0 Å². The number of benzene rings is 2. The van der Waals surface area contributed by atoms with Gasteiger partial charge in [0.2, 0.25) is 0 Å². The number of rotatable bonds is 7. The molecule has 6 heteroatoms. The first kappa shape index (κ1) is 22.4. The smallest absolute Gasteiger partial charge is 0.329 e. The molecule has 2 aromatic rings. The second-order valence-electron chi connectivity index (χ2n) is 6.66. The summed E-state index contributed by atoms with van der Waals surface area (Å²) < 4.78 is 5.13. The van der Waals surface area contributed by atoms with E-state index in [2.05, 4.69) is 35.2 Å². The van der Waals surface area contributed by atoms with E-state index in [4.69, 9.17) is 21.4 Å². The maximum absolute atomic E-state index is 10.5. The number of nitrogens with zero attached hydrogens (tertiary/aromatic N) is 1. The van der Waals surface area contributed by atoms with Crippen molar-refractivity contribution in [3.05, 3.63) is 64.7 Å². The van der Waals surface area contributed by atoms with Crippen LogP contribution in [0.3, 0.4) is 0 Å². The Balaban J connectivity index is 0.00000280. The molecule has 0 spiro atoms. The molecule has 2 aromatic carbocycles. The number of carboxylic acid groups (broad SMARTS) is 1. The van der Waals surface area contributed by atoms with E-state index < -0.39 is 5.97 Å². The minimum absolute atomic E-state index is 0. The van der Waals surface area contributed by atoms with Gasteiger partial charge in [0.05, 0.1) is 6.61 Å². The van der Waals surface area contributed by atoms with Gasteiger partial charge in [-0.2, -0.15) is 0 Å². The Morgan fingerprint density at radius 3 is 2.39 bits per heavy atom. The number of likely N-dealkylation sites (tertiary alicyclic amines) is 1. The summed E-state index contributed by atoms with van der Waals surface area (Å²) in [6.45, 7) is 2.95. The van der Waals surface area contributed by atoms with Gasteiger partial charge in [0.15, 0.2) is 0 Å². The van der Waals surface area contributed by atoms with Gasteiger partial charge in [-0.1, -0.05) is 65.7 Å². The van der Waals surface area contributed by atoms with Gasteiger partial charge in [0.1, 0.15) is 6.61 Å². The van der Waals surface area contributed by atoms with E-state index >= 15 is 0 Å². The van der Waals surface area contributed by atoms with E-state index in [1.807, 2.05) is 24.3 Å². The predicted octanol–water partition coefficient (Wildman–Crippen LogP) is 5.01. The normalized spacial score (nSPS) is 14.4. The van der Waals surface area contributed by atoms with Gasteiger partial charge in [-0.25, -0.2) is 4.79 Å². The van der Waals surface area contributed by atoms with E-state index in [-0.39, 0.29) is 19.0 Å². The molecule has 1 aliphatic heterocycles. The molecular weight excluding hydrogens is 397 g/mol. The molecule has 1 aliphatic rings. The molecule has 0 saturated carbocycles. The lowest BCUT2D eigenvalue weighted by Crippen LogP contribution is -2.33. The van der Waals surface area contributed by atoms with Crippen molar-refractivity contribution in [2.45, 2.75) is 12.8 Å². The van der Waals surface area contributed by atoms with E-state index in [0.717, 1.165) is 48.6 Å². The molecule has 0 unspecified atom stereocenters. The Kier molecular flexibility index (Phi) is 9.00. The van der Waals surface area contributed by atoms with Gasteiger partial charge >= 0.3 is 5.97 Å². The number of halogens is 2. The highest BCUT2D eigenvalue weighted by Gasteiger charge is 2.15. The minimum atomic E-state index is -0.920. The Morgan fingerprint density at radius 1 is 1.07 bits per heavy atom. The number of carboxylic acids is 1. The second kappa shape index (κ2) is 11.2. The highest BCUT2D eigenvalue weighted by molar-refractivity contribution is 6.33. The Bertz CT molecular complexity index is 813. The molecule has 0 amide bonds. The third-order valence-electron chi connectivity index (χ3n) is 4.76. The third-order valence-corrected chi connectivity index (χ3v) is 5.09. The standard InChI is InChI=1S/C22H24ClNO3.ClH/c23-21-8-4-3-7-20(21)19-6-2-1-5-18(19)15-17-9-11-24(12-10-17)13-14-27-16-22(25)26;/h1-8,15H,9-14,16H2,(H,25,26);1H. The first-order chi connectivity index (χ1) is 13.1. The van der Waals surface area contributed by atoms with Crippen LogP contribution in [0.15, 0.2) is 54.1 Å². The van der Waals surface area contributed by atoms with Crippen molar-refractivity contribution in [3.8, 4) is 11.1 Å². The number of piperidine rings is 1. The van der Waals surface area contributed by atoms with Crippen molar-refractivity contribution >= 4 is 36.1 Å². The number of aliphatic carboxylic acids is 1. The first-order valence-corrected chi connectivity index (χ1v) is 9.56. The van der Waals surface area contributed by atoms with Crippen LogP contribution >= 0.6 is 24.0 Å². The van der Waals surface area contributed by atoms with Crippen LogP contribution in [-0.4, -0.2) is 48.8 Å². The topological polar surface area (TPSA) is 49.8 Å². The van der Waals surface area contributed by atoms with E-state index in [1.165, 1.54) is 11.1 Å². The summed E-state index contributed by atoms with van der Waals surface area (Å²) >= 11 is 6.40. The molecule has 0 radical (unpaired) electrons. The van der Waals surface area contributed by atoms with Crippen LogP contribution in [0, 0.1) is 0 Å². The average Bonchev–Trinajstić information content (AvgIpc) is 2.67. The monoisotopic (exact) mass is 421 g/mol. The summed E-state index contributed by atoms with van der Waals surface area (Å²) in [7, 11) is 0. The molecule has 150 valence electrons. The molecule has 1 heterocycles. The van der Waals surface area contributed by atoms with E-state index in [1.54, 1.807) is 0 Å². The van der Waals surface area contributed by atoms with Crippen LogP contribution in [-0.2, 0) is 9.53 Å². The zero-order valence-corrected chi connectivity index (χ0v) is 17.2. The van der Waals surface area contributed by atoms with Gasteiger partial charge in [-0.15, -0.1) is 12.4 Å². The second-order valence-corrected chi connectivity index (χ2v) is 7.06. The number of hydrogen-bond donors (Lipinski definition) is 1. The van der Waals surface area contributed by atoms with Gasteiger partial charge < -0.3 is 14.7 Å². The molecule has 28 heavy (non-hydrogen) atoms. The lowest BCUT2D eigenvalue weighted by atomic mass is 9.95. The molecule has 1 saturated heterocycles. The molecule has 0 atom stereocenters. The van der Waals surface area contributed by atoms with Crippen LogP contribution in [0.5, 0.6) is 0 Å². The Morgan fingerprint density at radius 2 is 1.71 bits per heavy atom. The molecule has 0 aromatic heterocycles. The maximum Gasteiger partial charge on any atom is 0.329 e. The largest absolute Gasteiger partial charge is 0.480 e. The zero-order chi connectivity index (χ0) is 19.1. The highest BCUT2D eigenvalue weighted by Crippen LogP contribution is 2.32. The fourth-order valence-electron chi connectivity index (χ4n) is 3.33. The third kappa shape index (κ3) is 6.35. The molecule has 4 nitrogen and oxygen atoms in total. The van der Waals surface area contributed by atoms with E-state index in [9.17, 15) is 4.79 Å². The van der Waals surface area contributed by atoms with Gasteiger partial charge in [-0.05, 0) is 30.0 Å². The van der Waals surface area contributed by atoms with Crippen LogP contribution in [0.1, 0.15) is 18.4 Å². The summed E-state index contributed by atoms with van der Waals surface area (Å²) in [6.07, 6.45) is 4.31. The summed E-state index contributed by atoms with van der Waals surface area (Å²) in [5.74, 6) is -0.920. The molecular formula is C22H25Cl2NO3. The van der Waals surface area contributed by atoms with Gasteiger partial charge in [0.25, 0.3) is 0 Å². The van der Waals surface area contributed by atoms with Crippen LogP contribution in [0.2, 0.25) is 5.02 Å². The van der Waals surface area contributed by atoms with Crippen LogP contribution in [0.4, 0.5) is 0 Å². The Hall–Kier alpha value is -1.85. The van der Waals surface area contributed by atoms with Crippen molar-refractivity contribution in [1.29, 1.82) is 0 Å². The van der Waals surface area contributed by atoms with Crippen LogP contribution in [0.25, 0.3) is 17.2 Å². The lowest BCUT2D eigenvalue weighted by molar-refractivity contribution is -0.142. The average molecular weight is 422 g/mol. The fraction of sp³-hybridized carbons (Fsp3) is 0.318. The Labute approximate surface area is 177 Å². The first-order valence-electron chi connectivity index (χ1n) is 9.19. The van der Waals surface area contributed by atoms with Crippen molar-refractivity contribution < 1.29 is 14.6 Å². The van der Waals surface area contributed by atoms with Crippen LogP contribution < -0.4 is 0 Å². The fourth-order valence-corrected chi connectivity index (χ4v) is 3.57. The molecule has 1 fully saturated rings. The lowest BCUT2D eigenvalue weighted by Gasteiger charge is -2.28. The molecule has 0 bridgehead atoms. The molecule has 3 rings (SSSR count). The number of ether oxygens (including phenoxy) is 1. The number of hydrogen-bond acceptors (Lipinski definition) is 3. The van der Waals surface area contributed by atoms with Gasteiger partial charge in [-0.3, -0.25) is 0 Å². The molecule has 0 aliphatic carbocycles. The summed E-state index contributed by atoms with van der Waals surface area (Å²) in [5.41, 5.74) is 4.83. The SMILES string of the molecule is Cl.O=C(O)COCCN1CCC(=Cc2ccccc2-c2ccccc2Cl)CC1. The maximum atomic E-state index is 10.5. The minimum Gasteiger partial charge on any atom is -0.480 e. The highest BCUT2D eigenvalue weighted by atomic mass is 35.5. The van der Waals surface area contributed by atoms with Crippen molar-refractivity contribution in [2.75, 3.05) is 32.8 Å². The van der Waals surface area contributed by atoms with E-state index in [0.29, 0.717) is 6.61 Å². The summed E-state index contributed by atoms with van der Waals surface area (Å²) in [4.78, 5) is 12.8. The van der Waals surface area contributed by atoms with Crippen molar-refractivity contribution in [1.82, 2.24) is 4.90 Å². The zero-order valence-electron chi connectivity index (χ0n) is 15.6. The predicted molar refractivity (Wildman–Crippen MR) is 116 cm³/mol. The quantitative estimate of drug-likeness (QED) is 0.638. The summed E-state index contributed by atoms with van der Waals surface area (Å²) in [5, 5.41) is 9.36. The van der Waals surface area contributed by atoms with Gasteiger partial charge in [0, 0.05) is 30.2 Å². The van der Waals surface area contributed by atoms with Crippen molar-refractivity contribution in [2.24, 2.45) is 0 Å². The summed E-state index contributed by atoms with van der Waals surface area (Å²) in [6, 6.07) is 16.3. The number of carbonyl (C=O) groups is 1.